The summed E-state index contributed by atoms with van der Waals surface area (Å²) in [6, 6.07) is 9.04. The second-order valence-electron chi connectivity index (χ2n) is 7.92. The van der Waals surface area contributed by atoms with Gasteiger partial charge < -0.3 is 14.6 Å². The lowest BCUT2D eigenvalue weighted by Crippen LogP contribution is -2.71. The number of piperidine rings is 3. The van der Waals surface area contributed by atoms with Gasteiger partial charge in [-0.3, -0.25) is 4.79 Å². The molecule has 5 atom stereocenters. The predicted molar refractivity (Wildman–Crippen MR) is 92.6 cm³/mol. The summed E-state index contributed by atoms with van der Waals surface area (Å²) in [7, 11) is 2.28. The van der Waals surface area contributed by atoms with Crippen LogP contribution in [0, 0.1) is 11.8 Å². The van der Waals surface area contributed by atoms with Crippen LogP contribution in [0.4, 0.5) is 0 Å². The Kier molecular flexibility index (Phi) is 2.69. The third-order valence-corrected chi connectivity index (χ3v) is 7.04. The summed E-state index contributed by atoms with van der Waals surface area (Å²) >= 11 is 0. The molecule has 4 aliphatic heterocycles. The molecule has 0 saturated carbocycles. The monoisotopic (exact) mass is 323 g/mol. The van der Waals surface area contributed by atoms with Crippen LogP contribution in [0.15, 0.2) is 35.9 Å². The molecule has 4 nitrogen and oxygen atoms in total. The van der Waals surface area contributed by atoms with E-state index in [0.29, 0.717) is 6.04 Å². The van der Waals surface area contributed by atoms with E-state index in [2.05, 4.69) is 49.3 Å². The molecule has 1 aromatic carbocycles. The van der Waals surface area contributed by atoms with Gasteiger partial charge in [0, 0.05) is 29.7 Å². The van der Waals surface area contributed by atoms with Crippen molar-refractivity contribution in [2.24, 2.45) is 11.8 Å². The number of fused-ring (bicyclic) bond motifs is 4. The number of hydrogen-bond acceptors (Lipinski definition) is 1. The third-order valence-electron chi connectivity index (χ3n) is 7.04. The smallest absolute Gasteiger partial charge is 0.313 e. The molecule has 2 N–H and O–H groups in total. The minimum absolute atomic E-state index is 0.182. The van der Waals surface area contributed by atoms with E-state index in [9.17, 15) is 9.90 Å². The van der Waals surface area contributed by atoms with Crippen LogP contribution in [0.2, 0.25) is 0 Å². The Morgan fingerprint density at radius 1 is 1.38 bits per heavy atom. The number of nitrogens with one attached hydrogen (secondary N) is 1. The largest absolute Gasteiger partial charge is 0.481 e. The molecule has 0 spiro atoms. The molecule has 0 radical (unpaired) electrons. The van der Waals surface area contributed by atoms with Gasteiger partial charge in [0.05, 0.1) is 12.7 Å². The molecule has 4 heteroatoms. The fourth-order valence-electron chi connectivity index (χ4n) is 5.94. The lowest BCUT2D eigenvalue weighted by molar-refractivity contribution is -0.977. The number of rotatable bonds is 1. The Morgan fingerprint density at radius 3 is 2.92 bits per heavy atom. The van der Waals surface area contributed by atoms with Crippen molar-refractivity contribution in [1.29, 1.82) is 0 Å². The van der Waals surface area contributed by atoms with E-state index in [-0.39, 0.29) is 17.9 Å². The van der Waals surface area contributed by atoms with Gasteiger partial charge in [-0.2, -0.15) is 0 Å². The average Bonchev–Trinajstić information content (AvgIpc) is 2.92. The van der Waals surface area contributed by atoms with Gasteiger partial charge in [0.2, 0.25) is 0 Å². The Bertz CT molecular complexity index is 896. The standard InChI is InChI=1S/C20H22N2O2/c1-3-11-10-22(2)16-9-14-12-6-4-5-7-15(12)21-19(14)17(22)8-13(11)18(16)20(23)24/h3-7,13,16-18,21H,8-10H2,1-2H3/p+1/b11-3-/t13-,16-,17-,18+,22?/m0/s1. The zero-order valence-corrected chi connectivity index (χ0v) is 14.1. The highest BCUT2D eigenvalue weighted by atomic mass is 16.4. The second-order valence-corrected chi connectivity index (χ2v) is 7.92. The van der Waals surface area contributed by atoms with Gasteiger partial charge in [-0.25, -0.2) is 0 Å². The number of carboxylic acid groups (broad SMARTS) is 1. The summed E-state index contributed by atoms with van der Waals surface area (Å²) < 4.78 is 0.854. The van der Waals surface area contributed by atoms with Gasteiger partial charge >= 0.3 is 5.97 Å². The lowest BCUT2D eigenvalue weighted by Gasteiger charge is -2.62. The van der Waals surface area contributed by atoms with Crippen LogP contribution < -0.4 is 0 Å². The van der Waals surface area contributed by atoms with Crippen LogP contribution in [0.5, 0.6) is 0 Å². The number of H-pyrrole nitrogens is 1. The zero-order valence-electron chi connectivity index (χ0n) is 14.1. The Labute approximate surface area is 141 Å². The van der Waals surface area contributed by atoms with Crippen molar-refractivity contribution < 1.29 is 14.4 Å². The van der Waals surface area contributed by atoms with E-state index in [1.807, 2.05) is 0 Å². The molecule has 5 heterocycles. The van der Waals surface area contributed by atoms with E-state index in [1.54, 1.807) is 0 Å². The third kappa shape index (κ3) is 1.55. The van der Waals surface area contributed by atoms with E-state index >= 15 is 0 Å². The number of likely N-dealkylation sites (N-methyl/N-ethyl adjacent to an activating group) is 1. The number of hydrogen-bond donors (Lipinski definition) is 2. The fraction of sp³-hybridized carbons (Fsp3) is 0.450. The van der Waals surface area contributed by atoms with Crippen molar-refractivity contribution in [3.8, 4) is 0 Å². The fourth-order valence-corrected chi connectivity index (χ4v) is 5.94. The number of aromatic nitrogens is 1. The molecule has 1 aromatic heterocycles. The van der Waals surface area contributed by atoms with Crippen LogP contribution in [0.1, 0.15) is 30.6 Å². The number of benzene rings is 1. The normalized spacial score (nSPS) is 38.5. The number of para-hydroxylation sites is 1. The number of quaternary nitrogens is 1. The van der Waals surface area contributed by atoms with Crippen molar-refractivity contribution in [2.75, 3.05) is 13.6 Å². The zero-order chi connectivity index (χ0) is 16.6. The van der Waals surface area contributed by atoms with Gasteiger partial charge in [0.15, 0.2) is 0 Å². The van der Waals surface area contributed by atoms with Crippen molar-refractivity contribution in [2.45, 2.75) is 31.8 Å². The molecular formula is C20H23N2O2+. The molecule has 0 aliphatic carbocycles. The Morgan fingerprint density at radius 2 is 2.17 bits per heavy atom. The molecule has 24 heavy (non-hydrogen) atoms. The number of carboxylic acids is 1. The van der Waals surface area contributed by atoms with Gasteiger partial charge in [-0.15, -0.1) is 0 Å². The molecule has 124 valence electrons. The summed E-state index contributed by atoms with van der Waals surface area (Å²) in [5, 5.41) is 11.2. The van der Waals surface area contributed by atoms with E-state index in [4.69, 9.17) is 0 Å². The highest BCUT2D eigenvalue weighted by Gasteiger charge is 2.63. The first kappa shape index (κ1) is 14.3. The molecule has 2 aromatic rings. The molecule has 4 aliphatic rings. The van der Waals surface area contributed by atoms with Gasteiger partial charge in [-0.05, 0) is 24.1 Å². The Balaban J connectivity index is 1.75. The average molecular weight is 323 g/mol. The number of aromatic amines is 1. The Hall–Kier alpha value is -2.07. The van der Waals surface area contributed by atoms with Gasteiger partial charge in [-0.1, -0.05) is 24.3 Å². The van der Waals surface area contributed by atoms with Gasteiger partial charge in [0.1, 0.15) is 24.5 Å². The summed E-state index contributed by atoms with van der Waals surface area (Å²) in [4.78, 5) is 15.8. The van der Waals surface area contributed by atoms with E-state index < -0.39 is 5.97 Å². The molecule has 3 fully saturated rings. The van der Waals surface area contributed by atoms with E-state index in [1.165, 1.54) is 27.7 Å². The van der Waals surface area contributed by atoms with Crippen molar-refractivity contribution in [3.05, 3.63) is 47.2 Å². The highest BCUT2D eigenvalue weighted by Crippen LogP contribution is 2.57. The number of aliphatic carboxylic acids is 1. The topological polar surface area (TPSA) is 53.1 Å². The highest BCUT2D eigenvalue weighted by molar-refractivity contribution is 5.85. The quantitative estimate of drug-likeness (QED) is 0.625. The molecule has 4 bridgehead atoms. The first-order valence-corrected chi connectivity index (χ1v) is 8.87. The number of allylic oxidation sites excluding steroid dienone is 1. The summed E-state index contributed by atoms with van der Waals surface area (Å²) in [6.07, 6.45) is 3.98. The first-order valence-electron chi connectivity index (χ1n) is 8.87. The van der Waals surface area contributed by atoms with Crippen LogP contribution in [-0.4, -0.2) is 40.2 Å². The van der Waals surface area contributed by atoms with Crippen LogP contribution >= 0.6 is 0 Å². The van der Waals surface area contributed by atoms with Crippen molar-refractivity contribution in [3.63, 3.8) is 0 Å². The summed E-state index contributed by atoms with van der Waals surface area (Å²) in [5.41, 5.74) is 5.26. The summed E-state index contributed by atoms with van der Waals surface area (Å²) in [6.45, 7) is 3.06. The van der Waals surface area contributed by atoms with Crippen LogP contribution in [-0.2, 0) is 11.2 Å². The molecule has 6 rings (SSSR count). The maximum absolute atomic E-state index is 12.1. The SMILES string of the molecule is C/C=C1/C[N+]2(C)[C@H]3C[C@@H]1[C@@H](C(=O)O)[C@@H]2Cc1c3[nH]c2ccccc12. The summed E-state index contributed by atoms with van der Waals surface area (Å²) in [5.74, 6) is -0.676. The minimum Gasteiger partial charge on any atom is -0.481 e. The van der Waals surface area contributed by atoms with Crippen LogP contribution in [0.25, 0.3) is 10.9 Å². The minimum atomic E-state index is -0.616. The second kappa shape index (κ2) is 4.51. The predicted octanol–water partition coefficient (Wildman–Crippen LogP) is 3.26. The first-order chi connectivity index (χ1) is 11.5. The van der Waals surface area contributed by atoms with Gasteiger partial charge in [0.25, 0.3) is 0 Å². The molecule has 3 saturated heterocycles. The maximum Gasteiger partial charge on any atom is 0.313 e. The van der Waals surface area contributed by atoms with Crippen molar-refractivity contribution >= 4 is 16.9 Å². The molecular weight excluding hydrogens is 300 g/mol. The number of carbonyl (C=O) groups is 1. The van der Waals surface area contributed by atoms with Crippen molar-refractivity contribution in [1.82, 2.24) is 4.98 Å². The molecule has 1 unspecified atom stereocenters. The molecule has 0 amide bonds. The maximum atomic E-state index is 12.1. The van der Waals surface area contributed by atoms with E-state index in [0.717, 1.165) is 23.9 Å². The number of nitrogens with zero attached hydrogens (tertiary/aromatic N) is 1. The van der Waals surface area contributed by atoms with Crippen LogP contribution in [0.3, 0.4) is 0 Å². The lowest BCUT2D eigenvalue weighted by atomic mass is 9.62.